The molecule has 2 aliphatic heterocycles. The van der Waals surface area contributed by atoms with E-state index in [1.807, 2.05) is 23.1 Å². The molecule has 0 bridgehead atoms. The average Bonchev–Trinajstić information content (AvgIpc) is 3.08. The smallest absolute Gasteiger partial charge is 0.254 e. The molecule has 0 aromatic heterocycles. The molecule has 2 atom stereocenters. The number of methoxy groups -OCH3 is 1. The van der Waals surface area contributed by atoms with Crippen LogP contribution in [-0.4, -0.2) is 55.0 Å². The standard InChI is InChI=1S/C25H29FN2O3/c1-31-17-16-28-23(18-10-12-19(26)13-11-18)22(20-8-4-5-9-21(20)24(28)29)25(30)27-14-6-2-3-7-15-27/h4-5,8-13,22-23H,2-3,6-7,14-17H2,1H3. The first kappa shape index (κ1) is 21.5. The molecule has 1 saturated heterocycles. The van der Waals surface area contributed by atoms with E-state index in [1.165, 1.54) is 12.1 Å². The van der Waals surface area contributed by atoms with Crippen LogP contribution >= 0.6 is 0 Å². The van der Waals surface area contributed by atoms with Crippen LogP contribution in [0.1, 0.15) is 59.1 Å². The highest BCUT2D eigenvalue weighted by Crippen LogP contribution is 2.43. The summed E-state index contributed by atoms with van der Waals surface area (Å²) in [6.45, 7) is 2.19. The van der Waals surface area contributed by atoms with Gasteiger partial charge in [0.25, 0.3) is 5.91 Å². The van der Waals surface area contributed by atoms with Crippen LogP contribution in [0.15, 0.2) is 48.5 Å². The SMILES string of the molecule is COCCN1C(=O)c2ccccc2C(C(=O)N2CCCCCC2)C1c1ccc(F)cc1. The van der Waals surface area contributed by atoms with Gasteiger partial charge in [-0.05, 0) is 42.2 Å². The maximum absolute atomic E-state index is 13.9. The van der Waals surface area contributed by atoms with E-state index < -0.39 is 12.0 Å². The van der Waals surface area contributed by atoms with E-state index in [0.717, 1.165) is 49.9 Å². The highest BCUT2D eigenvalue weighted by molar-refractivity contribution is 6.01. The summed E-state index contributed by atoms with van der Waals surface area (Å²) in [7, 11) is 1.59. The average molecular weight is 425 g/mol. The molecule has 2 unspecified atom stereocenters. The molecule has 6 heteroatoms. The molecule has 0 radical (unpaired) electrons. The first-order valence-corrected chi connectivity index (χ1v) is 11.0. The van der Waals surface area contributed by atoms with Crippen LogP contribution in [0, 0.1) is 5.82 Å². The van der Waals surface area contributed by atoms with Crippen LogP contribution in [0.5, 0.6) is 0 Å². The number of carbonyl (C=O) groups is 2. The number of ether oxygens (including phenoxy) is 1. The van der Waals surface area contributed by atoms with Crippen molar-refractivity contribution in [2.45, 2.75) is 37.6 Å². The number of rotatable bonds is 5. The van der Waals surface area contributed by atoms with Crippen LogP contribution in [-0.2, 0) is 9.53 Å². The fourth-order valence-corrected chi connectivity index (χ4v) is 4.81. The van der Waals surface area contributed by atoms with Crippen molar-refractivity contribution in [1.29, 1.82) is 0 Å². The molecule has 0 spiro atoms. The Labute approximate surface area is 182 Å². The zero-order valence-corrected chi connectivity index (χ0v) is 17.9. The van der Waals surface area contributed by atoms with Crippen LogP contribution in [0.25, 0.3) is 0 Å². The fourth-order valence-electron chi connectivity index (χ4n) is 4.81. The Balaban J connectivity index is 1.83. The van der Waals surface area contributed by atoms with Gasteiger partial charge in [0, 0.05) is 32.3 Å². The van der Waals surface area contributed by atoms with Gasteiger partial charge < -0.3 is 14.5 Å². The molecule has 31 heavy (non-hydrogen) atoms. The maximum atomic E-state index is 13.9. The molecule has 4 rings (SSSR count). The Morgan fingerprint density at radius 2 is 1.71 bits per heavy atom. The van der Waals surface area contributed by atoms with E-state index in [4.69, 9.17) is 4.74 Å². The monoisotopic (exact) mass is 424 g/mol. The minimum Gasteiger partial charge on any atom is -0.383 e. The lowest BCUT2D eigenvalue weighted by atomic mass is 9.78. The Bertz CT molecular complexity index is 923. The van der Waals surface area contributed by atoms with Crippen molar-refractivity contribution in [3.63, 3.8) is 0 Å². The van der Waals surface area contributed by atoms with Gasteiger partial charge in [0.05, 0.1) is 18.6 Å². The summed E-state index contributed by atoms with van der Waals surface area (Å²) in [5.74, 6) is -0.958. The van der Waals surface area contributed by atoms with Crippen molar-refractivity contribution in [1.82, 2.24) is 9.80 Å². The van der Waals surface area contributed by atoms with E-state index in [-0.39, 0.29) is 17.6 Å². The number of amides is 2. The quantitative estimate of drug-likeness (QED) is 0.724. The number of hydrogen-bond acceptors (Lipinski definition) is 3. The summed E-state index contributed by atoms with van der Waals surface area (Å²) < 4.78 is 18.9. The summed E-state index contributed by atoms with van der Waals surface area (Å²) in [5.41, 5.74) is 2.07. The van der Waals surface area contributed by atoms with Crippen LogP contribution < -0.4 is 0 Å². The highest BCUT2D eigenvalue weighted by atomic mass is 19.1. The summed E-state index contributed by atoms with van der Waals surface area (Å²) >= 11 is 0. The van der Waals surface area contributed by atoms with Crippen LogP contribution in [0.3, 0.4) is 0 Å². The minimum absolute atomic E-state index is 0.0404. The van der Waals surface area contributed by atoms with Crippen molar-refractivity contribution in [2.75, 3.05) is 33.4 Å². The van der Waals surface area contributed by atoms with E-state index in [9.17, 15) is 14.0 Å². The number of hydrogen-bond donors (Lipinski definition) is 0. The number of fused-ring (bicyclic) bond motifs is 1. The Morgan fingerprint density at radius 3 is 2.39 bits per heavy atom. The molecule has 0 N–H and O–H groups in total. The molecule has 2 aliphatic rings. The second-order valence-corrected chi connectivity index (χ2v) is 8.29. The largest absolute Gasteiger partial charge is 0.383 e. The molecule has 0 saturated carbocycles. The van der Waals surface area contributed by atoms with Crippen molar-refractivity contribution in [2.24, 2.45) is 0 Å². The third kappa shape index (κ3) is 4.35. The molecule has 2 heterocycles. The normalized spacial score (nSPS) is 21.5. The molecule has 2 aromatic carbocycles. The van der Waals surface area contributed by atoms with Gasteiger partial charge in [0.2, 0.25) is 5.91 Å². The molecule has 1 fully saturated rings. The number of likely N-dealkylation sites (tertiary alicyclic amines) is 1. The number of benzene rings is 2. The van der Waals surface area contributed by atoms with Gasteiger partial charge in [-0.1, -0.05) is 43.2 Å². The van der Waals surface area contributed by atoms with E-state index in [0.29, 0.717) is 18.7 Å². The number of nitrogens with zero attached hydrogens (tertiary/aromatic N) is 2. The van der Waals surface area contributed by atoms with Gasteiger partial charge in [0.1, 0.15) is 5.82 Å². The van der Waals surface area contributed by atoms with Gasteiger partial charge >= 0.3 is 0 Å². The van der Waals surface area contributed by atoms with E-state index >= 15 is 0 Å². The second kappa shape index (κ2) is 9.60. The molecule has 2 amide bonds. The van der Waals surface area contributed by atoms with Crippen LogP contribution in [0.4, 0.5) is 4.39 Å². The molecular formula is C25H29FN2O3. The summed E-state index contributed by atoms with van der Waals surface area (Å²) in [6, 6.07) is 13.0. The summed E-state index contributed by atoms with van der Waals surface area (Å²) in [6.07, 6.45) is 4.25. The van der Waals surface area contributed by atoms with Crippen LogP contribution in [0.2, 0.25) is 0 Å². The predicted molar refractivity (Wildman–Crippen MR) is 116 cm³/mol. The third-order valence-electron chi connectivity index (χ3n) is 6.37. The molecule has 164 valence electrons. The molecule has 5 nitrogen and oxygen atoms in total. The zero-order chi connectivity index (χ0) is 21.8. The molecule has 2 aromatic rings. The first-order valence-electron chi connectivity index (χ1n) is 11.0. The van der Waals surface area contributed by atoms with Gasteiger partial charge in [-0.15, -0.1) is 0 Å². The zero-order valence-electron chi connectivity index (χ0n) is 17.9. The third-order valence-corrected chi connectivity index (χ3v) is 6.37. The van der Waals surface area contributed by atoms with Crippen molar-refractivity contribution >= 4 is 11.8 Å². The van der Waals surface area contributed by atoms with E-state index in [1.54, 1.807) is 30.2 Å². The van der Waals surface area contributed by atoms with Crippen molar-refractivity contribution in [3.05, 3.63) is 71.0 Å². The molecular weight excluding hydrogens is 395 g/mol. The van der Waals surface area contributed by atoms with Gasteiger partial charge in [0.15, 0.2) is 0 Å². The maximum Gasteiger partial charge on any atom is 0.254 e. The van der Waals surface area contributed by atoms with Gasteiger partial charge in [-0.25, -0.2) is 4.39 Å². The number of carbonyl (C=O) groups excluding carboxylic acids is 2. The lowest BCUT2D eigenvalue weighted by molar-refractivity contribution is -0.134. The molecule has 0 aliphatic carbocycles. The Morgan fingerprint density at radius 1 is 1.03 bits per heavy atom. The van der Waals surface area contributed by atoms with Crippen molar-refractivity contribution < 1.29 is 18.7 Å². The van der Waals surface area contributed by atoms with Gasteiger partial charge in [-0.2, -0.15) is 0 Å². The number of halogens is 1. The lowest BCUT2D eigenvalue weighted by Crippen LogP contribution is -2.49. The van der Waals surface area contributed by atoms with Gasteiger partial charge in [-0.3, -0.25) is 9.59 Å². The second-order valence-electron chi connectivity index (χ2n) is 8.29. The first-order chi connectivity index (χ1) is 15.1. The highest BCUT2D eigenvalue weighted by Gasteiger charge is 2.45. The summed E-state index contributed by atoms with van der Waals surface area (Å²) in [5, 5.41) is 0. The Kier molecular flexibility index (Phi) is 6.66. The minimum atomic E-state index is -0.533. The lowest BCUT2D eigenvalue weighted by Gasteiger charge is -2.43. The van der Waals surface area contributed by atoms with Crippen molar-refractivity contribution in [3.8, 4) is 0 Å². The fraction of sp³-hybridized carbons (Fsp3) is 0.440. The predicted octanol–water partition coefficient (Wildman–Crippen LogP) is 4.16. The topological polar surface area (TPSA) is 49.9 Å². The summed E-state index contributed by atoms with van der Waals surface area (Å²) in [4.78, 5) is 31.0. The van der Waals surface area contributed by atoms with E-state index in [2.05, 4.69) is 0 Å². The Hall–Kier alpha value is -2.73.